The Kier molecular flexibility index (Phi) is 6.97. The molecule has 4 aromatic heterocycles. The average Bonchev–Trinajstić information content (AvgIpc) is 3.58. The number of hydrogen-bond donors (Lipinski definition) is 2. The second-order valence-corrected chi connectivity index (χ2v) is 9.50. The lowest BCUT2D eigenvalue weighted by Gasteiger charge is -2.15. The van der Waals surface area contributed by atoms with E-state index in [2.05, 4.69) is 39.3 Å². The maximum Gasteiger partial charge on any atom is 0.166 e. The van der Waals surface area contributed by atoms with Gasteiger partial charge in [-0.25, -0.2) is 19.3 Å². The molecule has 0 aliphatic carbocycles. The van der Waals surface area contributed by atoms with Crippen LogP contribution in [0.2, 0.25) is 0 Å². The summed E-state index contributed by atoms with van der Waals surface area (Å²) in [4.78, 5) is 21.5. The Hall–Kier alpha value is -4.63. The number of H-pyrrole nitrogens is 1. The number of nitrogens with one attached hydrogen (secondary N) is 2. The zero-order chi connectivity index (χ0) is 26.6. The highest BCUT2D eigenvalue weighted by Crippen LogP contribution is 2.27. The molecular weight excluding hydrogens is 493 g/mol. The molecule has 39 heavy (non-hydrogen) atoms. The van der Waals surface area contributed by atoms with Gasteiger partial charge in [-0.15, -0.1) is 0 Å². The Labute approximate surface area is 224 Å². The molecule has 2 N–H and O–H groups in total. The van der Waals surface area contributed by atoms with Gasteiger partial charge < -0.3 is 19.6 Å². The molecule has 6 rings (SSSR count). The summed E-state index contributed by atoms with van der Waals surface area (Å²) >= 11 is 0. The lowest BCUT2D eigenvalue weighted by Crippen LogP contribution is -2.13. The van der Waals surface area contributed by atoms with Crippen molar-refractivity contribution in [1.82, 2.24) is 29.5 Å². The number of rotatable bonds is 10. The van der Waals surface area contributed by atoms with Gasteiger partial charge in [0.05, 0.1) is 31.8 Å². The Morgan fingerprint density at radius 1 is 1.05 bits per heavy atom. The molecule has 8 nitrogen and oxygen atoms in total. The molecule has 1 atom stereocenters. The zero-order valence-electron chi connectivity index (χ0n) is 21.5. The minimum absolute atomic E-state index is 0.0360. The summed E-state index contributed by atoms with van der Waals surface area (Å²) in [7, 11) is 0. The van der Waals surface area contributed by atoms with Crippen LogP contribution in [0, 0.1) is 5.82 Å². The Bertz CT molecular complexity index is 1710. The second-order valence-electron chi connectivity index (χ2n) is 9.50. The number of imidazole rings is 1. The molecular formula is C30H28FN7O. The van der Waals surface area contributed by atoms with Crippen molar-refractivity contribution in [3.05, 3.63) is 103 Å². The summed E-state index contributed by atoms with van der Waals surface area (Å²) < 4.78 is 22.0. The molecule has 0 saturated heterocycles. The van der Waals surface area contributed by atoms with Gasteiger partial charge in [0.15, 0.2) is 17.3 Å². The van der Waals surface area contributed by atoms with Gasteiger partial charge in [0.25, 0.3) is 0 Å². The third-order valence-corrected chi connectivity index (χ3v) is 6.69. The number of anilines is 1. The smallest absolute Gasteiger partial charge is 0.166 e. The van der Waals surface area contributed by atoms with E-state index in [0.29, 0.717) is 48.1 Å². The molecule has 0 aliphatic rings. The average molecular weight is 522 g/mol. The molecule has 0 unspecified atom stereocenters. The van der Waals surface area contributed by atoms with E-state index in [9.17, 15) is 4.39 Å². The van der Waals surface area contributed by atoms with Crippen molar-refractivity contribution in [2.75, 3.05) is 18.5 Å². The highest BCUT2D eigenvalue weighted by atomic mass is 19.1. The topological polar surface area (TPSA) is 93.5 Å². The predicted octanol–water partition coefficient (Wildman–Crippen LogP) is 5.94. The molecule has 0 aliphatic heterocycles. The summed E-state index contributed by atoms with van der Waals surface area (Å²) in [6.07, 6.45) is 7.31. The zero-order valence-corrected chi connectivity index (χ0v) is 21.5. The van der Waals surface area contributed by atoms with E-state index < -0.39 is 5.82 Å². The van der Waals surface area contributed by atoms with Crippen LogP contribution in [0.5, 0.6) is 0 Å². The van der Waals surface area contributed by atoms with Crippen molar-refractivity contribution in [3.8, 4) is 11.4 Å². The molecule has 0 radical (unpaired) electrons. The number of nitrogens with zero attached hydrogens (tertiary/aromatic N) is 5. The van der Waals surface area contributed by atoms with E-state index in [-0.39, 0.29) is 6.04 Å². The molecule has 0 fully saturated rings. The molecule has 0 amide bonds. The standard InChI is InChI=1S/C30H28FN7O/c1-20(17-39-18-21-7-3-2-4-8-21)38-19-35-27-29(33-12-11-22-15-34-26-10-6-5-9-25(22)26)36-28(37-30(27)38)23-13-24(31)16-32-14-23/h2-10,13-16,19-20,34H,11-12,17-18H2,1H3,(H,33,36,37)/t20-/m1/s1. The highest BCUT2D eigenvalue weighted by Gasteiger charge is 2.18. The van der Waals surface area contributed by atoms with Gasteiger partial charge in [-0.3, -0.25) is 4.98 Å². The third kappa shape index (κ3) is 5.35. The minimum Gasteiger partial charge on any atom is -0.375 e. The number of ether oxygens (including phenoxy) is 1. The lowest BCUT2D eigenvalue weighted by atomic mass is 10.1. The second kappa shape index (κ2) is 11.0. The monoisotopic (exact) mass is 521 g/mol. The van der Waals surface area contributed by atoms with Crippen LogP contribution >= 0.6 is 0 Å². The number of para-hydroxylation sites is 1. The van der Waals surface area contributed by atoms with E-state index in [1.165, 1.54) is 23.2 Å². The maximum absolute atomic E-state index is 14.0. The number of aromatic nitrogens is 6. The van der Waals surface area contributed by atoms with E-state index in [1.54, 1.807) is 12.5 Å². The summed E-state index contributed by atoms with van der Waals surface area (Å²) in [5.41, 5.74) is 5.24. The Morgan fingerprint density at radius 2 is 1.90 bits per heavy atom. The van der Waals surface area contributed by atoms with Crippen molar-refractivity contribution in [1.29, 1.82) is 0 Å². The van der Waals surface area contributed by atoms with Crippen LogP contribution < -0.4 is 5.32 Å². The van der Waals surface area contributed by atoms with Crippen molar-refractivity contribution in [3.63, 3.8) is 0 Å². The number of fused-ring (bicyclic) bond motifs is 2. The van der Waals surface area contributed by atoms with Gasteiger partial charge in [-0.2, -0.15) is 0 Å². The van der Waals surface area contributed by atoms with Crippen molar-refractivity contribution < 1.29 is 9.13 Å². The van der Waals surface area contributed by atoms with Gasteiger partial charge in [0.2, 0.25) is 0 Å². The van der Waals surface area contributed by atoms with E-state index >= 15 is 0 Å². The van der Waals surface area contributed by atoms with Crippen LogP contribution in [0.4, 0.5) is 10.2 Å². The maximum atomic E-state index is 14.0. The van der Waals surface area contributed by atoms with Gasteiger partial charge in [-0.05, 0) is 36.6 Å². The Balaban J connectivity index is 1.27. The van der Waals surface area contributed by atoms with Crippen LogP contribution in [0.3, 0.4) is 0 Å². The highest BCUT2D eigenvalue weighted by molar-refractivity contribution is 5.85. The number of pyridine rings is 1. The number of benzene rings is 2. The van der Waals surface area contributed by atoms with Crippen molar-refractivity contribution in [2.45, 2.75) is 26.0 Å². The third-order valence-electron chi connectivity index (χ3n) is 6.69. The number of hydrogen-bond acceptors (Lipinski definition) is 6. The first-order valence-electron chi connectivity index (χ1n) is 12.9. The molecule has 0 spiro atoms. The fourth-order valence-corrected chi connectivity index (χ4v) is 4.68. The van der Waals surface area contributed by atoms with Crippen molar-refractivity contribution >= 4 is 27.9 Å². The first-order chi connectivity index (χ1) is 19.2. The SMILES string of the molecule is C[C@H](COCc1ccccc1)n1cnc2c(NCCc3c[nH]c4ccccc34)nc(-c3cncc(F)c3)nc21. The normalized spacial score (nSPS) is 12.3. The quantitative estimate of drug-likeness (QED) is 0.232. The number of aromatic amines is 1. The molecule has 0 bridgehead atoms. The molecule has 0 saturated carbocycles. The number of halogens is 1. The van der Waals surface area contributed by atoms with Crippen LogP contribution in [0.1, 0.15) is 24.1 Å². The summed E-state index contributed by atoms with van der Waals surface area (Å²) in [6, 6.07) is 19.7. The summed E-state index contributed by atoms with van der Waals surface area (Å²) in [5, 5.41) is 4.65. The van der Waals surface area contributed by atoms with E-state index in [1.807, 2.05) is 53.2 Å². The van der Waals surface area contributed by atoms with Crippen molar-refractivity contribution in [2.24, 2.45) is 0 Å². The van der Waals surface area contributed by atoms with Crippen LogP contribution in [0.25, 0.3) is 33.5 Å². The van der Waals surface area contributed by atoms with Crippen LogP contribution in [-0.4, -0.2) is 42.6 Å². The molecule has 196 valence electrons. The van der Waals surface area contributed by atoms with Crippen LogP contribution in [0.15, 0.2) is 85.6 Å². The fourth-order valence-electron chi connectivity index (χ4n) is 4.68. The van der Waals surface area contributed by atoms with Gasteiger partial charge >= 0.3 is 0 Å². The fraction of sp³-hybridized carbons (Fsp3) is 0.200. The molecule has 2 aromatic carbocycles. The van der Waals surface area contributed by atoms with E-state index in [0.717, 1.165) is 17.5 Å². The first kappa shape index (κ1) is 24.7. The van der Waals surface area contributed by atoms with Gasteiger partial charge in [-0.1, -0.05) is 48.5 Å². The summed E-state index contributed by atoms with van der Waals surface area (Å²) in [5.74, 6) is 0.528. The first-order valence-corrected chi connectivity index (χ1v) is 12.9. The van der Waals surface area contributed by atoms with Gasteiger partial charge in [0, 0.05) is 35.4 Å². The molecule has 4 heterocycles. The Morgan fingerprint density at radius 3 is 2.77 bits per heavy atom. The largest absolute Gasteiger partial charge is 0.375 e. The lowest BCUT2D eigenvalue weighted by molar-refractivity contribution is 0.0956. The van der Waals surface area contributed by atoms with E-state index in [4.69, 9.17) is 14.7 Å². The van der Waals surface area contributed by atoms with Gasteiger partial charge in [0.1, 0.15) is 11.3 Å². The van der Waals surface area contributed by atoms with Crippen LogP contribution in [-0.2, 0) is 17.8 Å². The molecule has 6 aromatic rings. The molecule has 9 heteroatoms. The predicted molar refractivity (Wildman–Crippen MR) is 150 cm³/mol. The summed E-state index contributed by atoms with van der Waals surface area (Å²) in [6.45, 7) is 3.69. The minimum atomic E-state index is -0.443.